The van der Waals surface area contributed by atoms with E-state index in [0.717, 1.165) is 32.5 Å². The van der Waals surface area contributed by atoms with E-state index in [4.69, 9.17) is 0 Å². The van der Waals surface area contributed by atoms with E-state index in [2.05, 4.69) is 29.4 Å². The normalized spacial score (nSPS) is 22.8. The van der Waals surface area contributed by atoms with E-state index in [1.54, 1.807) is 0 Å². The molecule has 1 saturated heterocycles. The lowest BCUT2D eigenvalue weighted by molar-refractivity contribution is -0.126. The van der Waals surface area contributed by atoms with Crippen LogP contribution in [0.25, 0.3) is 0 Å². The monoisotopic (exact) mass is 241 g/mol. The molecule has 17 heavy (non-hydrogen) atoms. The number of hydrogen-bond acceptors (Lipinski definition) is 3. The lowest BCUT2D eigenvalue weighted by Gasteiger charge is -2.29. The summed E-state index contributed by atoms with van der Waals surface area (Å²) < 4.78 is 0. The summed E-state index contributed by atoms with van der Waals surface area (Å²) in [6.07, 6.45) is 2.13. The number of nitrogens with one attached hydrogen (secondary N) is 2. The first-order valence-electron chi connectivity index (χ1n) is 6.66. The SMILES string of the molecule is CC(C)C(CN(C)C)NC(=O)[C@H]1CCCNC1. The number of piperidine rings is 1. The second-order valence-electron chi connectivity index (χ2n) is 5.66. The first-order chi connectivity index (χ1) is 8.00. The van der Waals surface area contributed by atoms with Gasteiger partial charge in [-0.3, -0.25) is 4.79 Å². The number of nitrogens with zero attached hydrogens (tertiary/aromatic N) is 1. The van der Waals surface area contributed by atoms with Gasteiger partial charge in [-0.15, -0.1) is 0 Å². The molecule has 1 fully saturated rings. The van der Waals surface area contributed by atoms with Crippen molar-refractivity contribution in [2.24, 2.45) is 11.8 Å². The van der Waals surface area contributed by atoms with Crippen LogP contribution in [0, 0.1) is 11.8 Å². The van der Waals surface area contributed by atoms with Crippen molar-refractivity contribution >= 4 is 5.91 Å². The van der Waals surface area contributed by atoms with Crippen molar-refractivity contribution in [2.45, 2.75) is 32.7 Å². The van der Waals surface area contributed by atoms with Gasteiger partial charge in [-0.05, 0) is 39.4 Å². The molecule has 0 saturated carbocycles. The summed E-state index contributed by atoms with van der Waals surface area (Å²) in [6.45, 7) is 7.11. The smallest absolute Gasteiger partial charge is 0.224 e. The molecular weight excluding hydrogens is 214 g/mol. The number of likely N-dealkylation sites (N-methyl/N-ethyl adjacent to an activating group) is 1. The lowest BCUT2D eigenvalue weighted by Crippen LogP contribution is -2.49. The summed E-state index contributed by atoms with van der Waals surface area (Å²) in [5, 5.41) is 6.48. The van der Waals surface area contributed by atoms with E-state index in [0.29, 0.717) is 5.92 Å². The van der Waals surface area contributed by atoms with Crippen molar-refractivity contribution in [3.05, 3.63) is 0 Å². The molecule has 1 heterocycles. The number of carbonyl (C=O) groups excluding carboxylic acids is 1. The van der Waals surface area contributed by atoms with Crippen LogP contribution in [0.2, 0.25) is 0 Å². The quantitative estimate of drug-likeness (QED) is 0.744. The van der Waals surface area contributed by atoms with Gasteiger partial charge in [-0.2, -0.15) is 0 Å². The Morgan fingerprint density at radius 2 is 2.18 bits per heavy atom. The van der Waals surface area contributed by atoms with Crippen LogP contribution in [0.5, 0.6) is 0 Å². The Balaban J connectivity index is 2.44. The van der Waals surface area contributed by atoms with Gasteiger partial charge in [0.05, 0.1) is 5.92 Å². The maximum Gasteiger partial charge on any atom is 0.224 e. The average molecular weight is 241 g/mol. The minimum atomic E-state index is 0.159. The highest BCUT2D eigenvalue weighted by atomic mass is 16.2. The highest BCUT2D eigenvalue weighted by Crippen LogP contribution is 2.11. The molecule has 2 atom stereocenters. The third kappa shape index (κ3) is 5.04. The van der Waals surface area contributed by atoms with E-state index in [-0.39, 0.29) is 17.9 Å². The van der Waals surface area contributed by atoms with Crippen molar-refractivity contribution < 1.29 is 4.79 Å². The van der Waals surface area contributed by atoms with Crippen LogP contribution < -0.4 is 10.6 Å². The third-order valence-electron chi connectivity index (χ3n) is 3.36. The highest BCUT2D eigenvalue weighted by Gasteiger charge is 2.24. The standard InChI is InChI=1S/C13H27N3O/c1-10(2)12(9-16(3)4)15-13(17)11-6-5-7-14-8-11/h10-12,14H,5-9H2,1-4H3,(H,15,17)/t11-,12?/m0/s1. The Morgan fingerprint density at radius 3 is 2.65 bits per heavy atom. The molecule has 4 nitrogen and oxygen atoms in total. The van der Waals surface area contributed by atoms with Gasteiger partial charge >= 0.3 is 0 Å². The minimum absolute atomic E-state index is 0.159. The molecule has 0 bridgehead atoms. The molecule has 0 radical (unpaired) electrons. The number of amides is 1. The number of carbonyl (C=O) groups is 1. The van der Waals surface area contributed by atoms with Crippen molar-refractivity contribution in [2.75, 3.05) is 33.7 Å². The molecule has 1 unspecified atom stereocenters. The topological polar surface area (TPSA) is 44.4 Å². The van der Waals surface area contributed by atoms with Crippen LogP contribution >= 0.6 is 0 Å². The van der Waals surface area contributed by atoms with E-state index in [1.807, 2.05) is 14.1 Å². The van der Waals surface area contributed by atoms with Gasteiger partial charge in [0.15, 0.2) is 0 Å². The van der Waals surface area contributed by atoms with Gasteiger partial charge in [-0.25, -0.2) is 0 Å². The van der Waals surface area contributed by atoms with Crippen molar-refractivity contribution in [1.82, 2.24) is 15.5 Å². The maximum absolute atomic E-state index is 12.1. The summed E-state index contributed by atoms with van der Waals surface area (Å²) in [4.78, 5) is 14.3. The Kier molecular flexibility index (Phi) is 5.92. The Bertz CT molecular complexity index is 235. The van der Waals surface area contributed by atoms with E-state index in [1.165, 1.54) is 0 Å². The fourth-order valence-corrected chi connectivity index (χ4v) is 2.19. The van der Waals surface area contributed by atoms with Crippen molar-refractivity contribution in [3.63, 3.8) is 0 Å². The van der Waals surface area contributed by atoms with Gasteiger partial charge in [0.2, 0.25) is 5.91 Å². The first-order valence-corrected chi connectivity index (χ1v) is 6.66. The molecule has 1 aliphatic heterocycles. The molecule has 100 valence electrons. The molecule has 0 aromatic rings. The van der Waals surface area contributed by atoms with Crippen LogP contribution in [0.15, 0.2) is 0 Å². The predicted octanol–water partition coefficient (Wildman–Crippen LogP) is 0.688. The Morgan fingerprint density at radius 1 is 1.47 bits per heavy atom. The average Bonchev–Trinajstić information content (AvgIpc) is 2.28. The summed E-state index contributed by atoms with van der Waals surface area (Å²) >= 11 is 0. The largest absolute Gasteiger partial charge is 0.352 e. The second kappa shape index (κ2) is 6.97. The zero-order chi connectivity index (χ0) is 12.8. The van der Waals surface area contributed by atoms with Gasteiger partial charge in [0.1, 0.15) is 0 Å². The zero-order valence-corrected chi connectivity index (χ0v) is 11.6. The van der Waals surface area contributed by atoms with Gasteiger partial charge in [0, 0.05) is 19.1 Å². The summed E-state index contributed by atoms with van der Waals surface area (Å²) in [5.74, 6) is 0.850. The van der Waals surface area contributed by atoms with E-state index < -0.39 is 0 Å². The van der Waals surface area contributed by atoms with Gasteiger partial charge in [0.25, 0.3) is 0 Å². The van der Waals surface area contributed by atoms with Crippen LogP contribution in [0.3, 0.4) is 0 Å². The minimum Gasteiger partial charge on any atom is -0.352 e. The predicted molar refractivity (Wildman–Crippen MR) is 70.9 cm³/mol. The molecule has 2 N–H and O–H groups in total. The molecule has 0 spiro atoms. The van der Waals surface area contributed by atoms with Crippen molar-refractivity contribution in [1.29, 1.82) is 0 Å². The zero-order valence-electron chi connectivity index (χ0n) is 11.6. The molecule has 0 aromatic heterocycles. The molecule has 4 heteroatoms. The van der Waals surface area contributed by atoms with Crippen LogP contribution in [0.4, 0.5) is 0 Å². The molecule has 1 amide bonds. The highest BCUT2D eigenvalue weighted by molar-refractivity contribution is 5.79. The van der Waals surface area contributed by atoms with Crippen molar-refractivity contribution in [3.8, 4) is 0 Å². The van der Waals surface area contributed by atoms with Gasteiger partial charge < -0.3 is 15.5 Å². The van der Waals surface area contributed by atoms with Crippen LogP contribution in [-0.4, -0.2) is 50.6 Å². The number of hydrogen-bond donors (Lipinski definition) is 2. The summed E-state index contributed by atoms with van der Waals surface area (Å²) in [5.41, 5.74) is 0. The second-order valence-corrected chi connectivity index (χ2v) is 5.66. The third-order valence-corrected chi connectivity index (χ3v) is 3.36. The molecule has 1 aliphatic rings. The molecule has 0 aromatic carbocycles. The Hall–Kier alpha value is -0.610. The molecular formula is C13H27N3O. The number of rotatable bonds is 5. The van der Waals surface area contributed by atoms with E-state index >= 15 is 0 Å². The Labute approximate surface area is 105 Å². The first kappa shape index (κ1) is 14.5. The fraction of sp³-hybridized carbons (Fsp3) is 0.923. The fourth-order valence-electron chi connectivity index (χ4n) is 2.19. The van der Waals surface area contributed by atoms with Crippen LogP contribution in [0.1, 0.15) is 26.7 Å². The van der Waals surface area contributed by atoms with E-state index in [9.17, 15) is 4.79 Å². The lowest BCUT2D eigenvalue weighted by atomic mass is 9.97. The molecule has 1 rings (SSSR count). The summed E-state index contributed by atoms with van der Waals surface area (Å²) in [6, 6.07) is 0.249. The molecule has 0 aliphatic carbocycles. The summed E-state index contributed by atoms with van der Waals surface area (Å²) in [7, 11) is 4.09. The maximum atomic E-state index is 12.1. The van der Waals surface area contributed by atoms with Gasteiger partial charge in [-0.1, -0.05) is 13.8 Å². The van der Waals surface area contributed by atoms with Crippen LogP contribution in [-0.2, 0) is 4.79 Å².